The standard InChI is InChI=1S/C16H21N/c1-2-7-14-12(6-1)13-8-3-4-9-15(13)17-11-5-10-16(14)17/h1-2,6-7,12-13,15H,3-5,8-11H2. The average Bonchev–Trinajstić information content (AvgIpc) is 2.89. The maximum absolute atomic E-state index is 2.78. The molecule has 4 rings (SSSR count). The van der Waals surface area contributed by atoms with Gasteiger partial charge in [-0.1, -0.05) is 37.1 Å². The summed E-state index contributed by atoms with van der Waals surface area (Å²) >= 11 is 0. The van der Waals surface area contributed by atoms with Gasteiger partial charge in [0.2, 0.25) is 0 Å². The molecule has 1 saturated carbocycles. The molecule has 0 aromatic heterocycles. The third kappa shape index (κ3) is 1.38. The van der Waals surface area contributed by atoms with Crippen LogP contribution < -0.4 is 0 Å². The van der Waals surface area contributed by atoms with Crippen molar-refractivity contribution < 1.29 is 0 Å². The van der Waals surface area contributed by atoms with E-state index in [-0.39, 0.29) is 0 Å². The first-order valence-electron chi connectivity index (χ1n) is 7.30. The quantitative estimate of drug-likeness (QED) is 0.610. The summed E-state index contributed by atoms with van der Waals surface area (Å²) < 4.78 is 0. The summed E-state index contributed by atoms with van der Waals surface area (Å²) in [5.41, 5.74) is 3.35. The topological polar surface area (TPSA) is 3.24 Å². The molecular weight excluding hydrogens is 206 g/mol. The fourth-order valence-electron chi connectivity index (χ4n) is 4.54. The molecule has 2 aliphatic heterocycles. The van der Waals surface area contributed by atoms with E-state index in [9.17, 15) is 0 Å². The zero-order chi connectivity index (χ0) is 11.2. The SMILES string of the molecule is C1=CC2=C3CCCN3C3CCCCC3C2C=C1. The van der Waals surface area contributed by atoms with Crippen LogP contribution in [-0.4, -0.2) is 17.5 Å². The molecule has 1 nitrogen and oxygen atoms in total. The molecule has 1 saturated heterocycles. The highest BCUT2D eigenvalue weighted by molar-refractivity contribution is 5.41. The number of hydrogen-bond donors (Lipinski definition) is 0. The maximum Gasteiger partial charge on any atom is 0.0324 e. The summed E-state index contributed by atoms with van der Waals surface area (Å²) in [5.74, 6) is 1.65. The molecule has 2 fully saturated rings. The van der Waals surface area contributed by atoms with E-state index in [0.717, 1.165) is 17.9 Å². The van der Waals surface area contributed by atoms with Gasteiger partial charge >= 0.3 is 0 Å². The highest BCUT2D eigenvalue weighted by Gasteiger charge is 2.43. The molecule has 0 aromatic rings. The lowest BCUT2D eigenvalue weighted by Gasteiger charge is -2.48. The van der Waals surface area contributed by atoms with Gasteiger partial charge in [0.15, 0.2) is 0 Å². The monoisotopic (exact) mass is 227 g/mol. The molecule has 90 valence electrons. The Morgan fingerprint density at radius 1 is 1.06 bits per heavy atom. The van der Waals surface area contributed by atoms with Gasteiger partial charge in [-0.25, -0.2) is 0 Å². The number of nitrogens with zero attached hydrogens (tertiary/aromatic N) is 1. The summed E-state index contributed by atoms with van der Waals surface area (Å²) in [5, 5.41) is 0. The van der Waals surface area contributed by atoms with E-state index in [1.807, 2.05) is 0 Å². The highest BCUT2D eigenvalue weighted by atomic mass is 15.2. The van der Waals surface area contributed by atoms with E-state index in [1.165, 1.54) is 45.1 Å². The van der Waals surface area contributed by atoms with Crippen LogP contribution in [0, 0.1) is 11.8 Å². The van der Waals surface area contributed by atoms with Crippen LogP contribution in [0.2, 0.25) is 0 Å². The smallest absolute Gasteiger partial charge is 0.0324 e. The summed E-state index contributed by atoms with van der Waals surface area (Å²) in [6.45, 7) is 1.32. The minimum absolute atomic E-state index is 0.745. The largest absolute Gasteiger partial charge is 0.371 e. The molecule has 1 heteroatoms. The molecule has 0 N–H and O–H groups in total. The van der Waals surface area contributed by atoms with Crippen molar-refractivity contribution in [3.05, 3.63) is 35.6 Å². The van der Waals surface area contributed by atoms with E-state index in [1.54, 1.807) is 11.3 Å². The van der Waals surface area contributed by atoms with E-state index in [2.05, 4.69) is 29.2 Å². The molecule has 4 aliphatic rings. The van der Waals surface area contributed by atoms with Crippen LogP contribution in [-0.2, 0) is 0 Å². The number of rotatable bonds is 0. The van der Waals surface area contributed by atoms with Crippen molar-refractivity contribution in [1.29, 1.82) is 0 Å². The lowest BCUT2D eigenvalue weighted by atomic mass is 9.69. The normalized spacial score (nSPS) is 39.1. The zero-order valence-electron chi connectivity index (χ0n) is 10.4. The fourth-order valence-corrected chi connectivity index (χ4v) is 4.54. The molecule has 3 unspecified atom stereocenters. The van der Waals surface area contributed by atoms with Crippen molar-refractivity contribution in [3.63, 3.8) is 0 Å². The van der Waals surface area contributed by atoms with Crippen LogP contribution in [0.5, 0.6) is 0 Å². The van der Waals surface area contributed by atoms with Crippen LogP contribution >= 0.6 is 0 Å². The number of allylic oxidation sites excluding steroid dienone is 6. The lowest BCUT2D eigenvalue weighted by molar-refractivity contribution is 0.112. The first-order valence-corrected chi connectivity index (χ1v) is 7.30. The minimum Gasteiger partial charge on any atom is -0.371 e. The summed E-state index contributed by atoms with van der Waals surface area (Å²) in [7, 11) is 0. The molecule has 0 bridgehead atoms. The number of hydrogen-bond acceptors (Lipinski definition) is 1. The van der Waals surface area contributed by atoms with Gasteiger partial charge in [-0.3, -0.25) is 0 Å². The second-order valence-corrected chi connectivity index (χ2v) is 5.98. The van der Waals surface area contributed by atoms with Crippen LogP contribution in [0.15, 0.2) is 35.6 Å². The Morgan fingerprint density at radius 2 is 2.00 bits per heavy atom. The Morgan fingerprint density at radius 3 is 3.00 bits per heavy atom. The van der Waals surface area contributed by atoms with Gasteiger partial charge in [-0.2, -0.15) is 0 Å². The molecule has 2 heterocycles. The van der Waals surface area contributed by atoms with Gasteiger partial charge in [0.25, 0.3) is 0 Å². The summed E-state index contributed by atoms with van der Waals surface area (Å²) in [6, 6.07) is 0.867. The zero-order valence-corrected chi connectivity index (χ0v) is 10.4. The molecule has 2 aliphatic carbocycles. The second-order valence-electron chi connectivity index (χ2n) is 5.98. The predicted octanol–water partition coefficient (Wildman–Crippen LogP) is 3.65. The second kappa shape index (κ2) is 3.76. The molecule has 17 heavy (non-hydrogen) atoms. The highest BCUT2D eigenvalue weighted by Crippen LogP contribution is 2.48. The lowest BCUT2D eigenvalue weighted by Crippen LogP contribution is -2.47. The maximum atomic E-state index is 2.78. The Hall–Kier alpha value is -0.980. The van der Waals surface area contributed by atoms with Crippen LogP contribution in [0.4, 0.5) is 0 Å². The molecule has 0 radical (unpaired) electrons. The van der Waals surface area contributed by atoms with Crippen molar-refractivity contribution in [2.45, 2.75) is 44.6 Å². The van der Waals surface area contributed by atoms with Gasteiger partial charge < -0.3 is 4.90 Å². The number of fused-ring (bicyclic) bond motifs is 5. The average molecular weight is 227 g/mol. The van der Waals surface area contributed by atoms with Crippen molar-refractivity contribution in [2.24, 2.45) is 11.8 Å². The first kappa shape index (κ1) is 9.99. The van der Waals surface area contributed by atoms with Gasteiger partial charge in [-0.15, -0.1) is 0 Å². The van der Waals surface area contributed by atoms with Crippen LogP contribution in [0.3, 0.4) is 0 Å². The Balaban J connectivity index is 1.82. The van der Waals surface area contributed by atoms with Crippen molar-refractivity contribution >= 4 is 0 Å². The van der Waals surface area contributed by atoms with Gasteiger partial charge in [0.05, 0.1) is 0 Å². The molecule has 3 atom stereocenters. The van der Waals surface area contributed by atoms with Gasteiger partial charge in [0, 0.05) is 24.2 Å². The van der Waals surface area contributed by atoms with E-state index in [4.69, 9.17) is 0 Å². The van der Waals surface area contributed by atoms with Crippen molar-refractivity contribution in [3.8, 4) is 0 Å². The fraction of sp³-hybridized carbons (Fsp3) is 0.625. The van der Waals surface area contributed by atoms with Gasteiger partial charge in [-0.05, 0) is 37.2 Å². The molecule has 0 spiro atoms. The third-order valence-corrected chi connectivity index (χ3v) is 5.20. The van der Waals surface area contributed by atoms with Crippen LogP contribution in [0.25, 0.3) is 0 Å². The third-order valence-electron chi connectivity index (χ3n) is 5.20. The van der Waals surface area contributed by atoms with E-state index < -0.39 is 0 Å². The minimum atomic E-state index is 0.745. The Labute approximate surface area is 104 Å². The van der Waals surface area contributed by atoms with Crippen molar-refractivity contribution in [2.75, 3.05) is 6.54 Å². The first-order chi connectivity index (χ1) is 8.45. The summed E-state index contributed by atoms with van der Waals surface area (Å²) in [6.07, 6.45) is 17.9. The molecule has 0 aromatic carbocycles. The predicted molar refractivity (Wildman–Crippen MR) is 70.5 cm³/mol. The molecular formula is C16H21N. The van der Waals surface area contributed by atoms with E-state index in [0.29, 0.717) is 0 Å². The summed E-state index contributed by atoms with van der Waals surface area (Å²) in [4.78, 5) is 2.78. The Bertz CT molecular complexity index is 415. The van der Waals surface area contributed by atoms with E-state index >= 15 is 0 Å². The Kier molecular flexibility index (Phi) is 2.21. The van der Waals surface area contributed by atoms with Crippen LogP contribution in [0.1, 0.15) is 38.5 Å². The van der Waals surface area contributed by atoms with Gasteiger partial charge in [0.1, 0.15) is 0 Å². The molecule has 0 amide bonds. The van der Waals surface area contributed by atoms with Crippen molar-refractivity contribution in [1.82, 2.24) is 4.90 Å².